The Morgan fingerprint density at radius 1 is 0.841 bits per heavy atom. The minimum absolute atomic E-state index is 0.0403. The summed E-state index contributed by atoms with van der Waals surface area (Å²) in [6.07, 6.45) is 4.70. The molecule has 1 N–H and O–H groups in total. The summed E-state index contributed by atoms with van der Waals surface area (Å²) in [5, 5.41) is 2.32. The Balaban J connectivity index is 1.13. The number of aromatic nitrogens is 2. The molecule has 2 aromatic carbocycles. The molecule has 0 spiro atoms. The summed E-state index contributed by atoms with van der Waals surface area (Å²) < 4.78 is 67.8. The van der Waals surface area contributed by atoms with E-state index in [9.17, 15) is 30.8 Å². The SMILES string of the molecule is CS(=O)(=O)c1ccc(OC2CCN(C(=O)c3ccc(C(=O)Nc4ccc(S(=O)(=O)c5ccc(F)cc5)nc4)nc3)CC2)cc1. The number of ether oxygens (including phenoxy) is 1. The standard InChI is InChI=1S/C30H27FN4O7S2/c1-43(38,39)25-10-6-23(7-11-25)42-24-14-16-35(17-15-24)30(37)20-2-12-27(32-18-20)29(36)34-22-5-13-28(33-19-22)44(40,41)26-8-3-21(31)4-9-26/h2-13,18-19,24H,14-17H2,1H3,(H,34,36). The van der Waals surface area contributed by atoms with Crippen LogP contribution in [-0.2, 0) is 19.7 Å². The van der Waals surface area contributed by atoms with Gasteiger partial charge in [-0.2, -0.15) is 0 Å². The van der Waals surface area contributed by atoms with Crippen molar-refractivity contribution < 1.29 is 35.6 Å². The molecule has 2 aromatic heterocycles. The number of rotatable bonds is 8. The number of amides is 2. The quantitative estimate of drug-likeness (QED) is 0.284. The Bertz CT molecular complexity index is 1880. The molecule has 1 aliphatic heterocycles. The summed E-state index contributed by atoms with van der Waals surface area (Å²) in [5.41, 5.74) is 0.583. The molecule has 228 valence electrons. The lowest BCUT2D eigenvalue weighted by Crippen LogP contribution is -2.41. The zero-order chi connectivity index (χ0) is 31.5. The lowest BCUT2D eigenvalue weighted by Gasteiger charge is -2.32. The number of anilines is 1. The van der Waals surface area contributed by atoms with E-state index < -0.39 is 31.4 Å². The van der Waals surface area contributed by atoms with Crippen molar-refractivity contribution in [1.82, 2.24) is 14.9 Å². The van der Waals surface area contributed by atoms with E-state index in [2.05, 4.69) is 15.3 Å². The highest BCUT2D eigenvalue weighted by Crippen LogP contribution is 2.23. The number of likely N-dealkylation sites (tertiary alicyclic amines) is 1. The van der Waals surface area contributed by atoms with Gasteiger partial charge in [0.15, 0.2) is 14.9 Å². The van der Waals surface area contributed by atoms with E-state index in [-0.39, 0.29) is 38.2 Å². The third-order valence-electron chi connectivity index (χ3n) is 6.92. The van der Waals surface area contributed by atoms with Crippen LogP contribution in [0.25, 0.3) is 0 Å². The van der Waals surface area contributed by atoms with Gasteiger partial charge < -0.3 is 15.0 Å². The van der Waals surface area contributed by atoms with Crippen LogP contribution in [-0.4, -0.2) is 69.0 Å². The molecule has 0 aliphatic carbocycles. The third-order valence-corrected chi connectivity index (χ3v) is 9.73. The first-order chi connectivity index (χ1) is 20.9. The number of nitrogens with one attached hydrogen (secondary N) is 1. The molecule has 1 aliphatic rings. The van der Waals surface area contributed by atoms with Gasteiger partial charge in [0.05, 0.1) is 27.2 Å². The van der Waals surface area contributed by atoms with Crippen LogP contribution in [0.4, 0.5) is 10.1 Å². The second kappa shape index (κ2) is 12.5. The zero-order valence-electron chi connectivity index (χ0n) is 23.4. The normalized spacial score (nSPS) is 14.2. The number of carbonyl (C=O) groups excluding carboxylic acids is 2. The molecule has 1 saturated heterocycles. The smallest absolute Gasteiger partial charge is 0.274 e. The number of nitrogens with zero attached hydrogens (tertiary/aromatic N) is 3. The van der Waals surface area contributed by atoms with Crippen molar-refractivity contribution in [1.29, 1.82) is 0 Å². The fourth-order valence-electron chi connectivity index (χ4n) is 4.51. The van der Waals surface area contributed by atoms with Crippen molar-refractivity contribution in [3.8, 4) is 5.75 Å². The minimum atomic E-state index is -3.96. The number of benzene rings is 2. The number of carbonyl (C=O) groups is 2. The number of halogens is 1. The lowest BCUT2D eigenvalue weighted by molar-refractivity contribution is 0.0594. The number of hydrogen-bond donors (Lipinski definition) is 1. The van der Waals surface area contributed by atoms with Crippen LogP contribution in [0.3, 0.4) is 0 Å². The Morgan fingerprint density at radius 2 is 1.50 bits per heavy atom. The first kappa shape index (κ1) is 30.8. The molecule has 4 aromatic rings. The van der Waals surface area contributed by atoms with Gasteiger partial charge in [0, 0.05) is 38.4 Å². The predicted octanol–water partition coefficient (Wildman–Crippen LogP) is 3.79. The Hall–Kier alpha value is -4.69. The lowest BCUT2D eigenvalue weighted by atomic mass is 10.1. The van der Waals surface area contributed by atoms with Crippen LogP contribution < -0.4 is 10.1 Å². The van der Waals surface area contributed by atoms with Crippen LogP contribution >= 0.6 is 0 Å². The molecule has 0 radical (unpaired) electrons. The summed E-state index contributed by atoms with van der Waals surface area (Å²) >= 11 is 0. The second-order valence-corrected chi connectivity index (χ2v) is 14.0. The maximum absolute atomic E-state index is 13.2. The van der Waals surface area contributed by atoms with E-state index >= 15 is 0 Å². The fraction of sp³-hybridized carbons (Fsp3) is 0.200. The highest BCUT2D eigenvalue weighted by molar-refractivity contribution is 7.91. The van der Waals surface area contributed by atoms with Crippen LogP contribution in [0, 0.1) is 5.82 Å². The van der Waals surface area contributed by atoms with Crippen molar-refractivity contribution >= 4 is 37.2 Å². The molecule has 0 bridgehead atoms. The van der Waals surface area contributed by atoms with Crippen LogP contribution in [0.1, 0.15) is 33.7 Å². The van der Waals surface area contributed by atoms with Gasteiger partial charge in [-0.1, -0.05) is 0 Å². The summed E-state index contributed by atoms with van der Waals surface area (Å²) in [6.45, 7) is 0.903. The van der Waals surface area contributed by atoms with E-state index in [1.165, 1.54) is 48.8 Å². The Labute approximate surface area is 253 Å². The van der Waals surface area contributed by atoms with Gasteiger partial charge in [-0.3, -0.25) is 14.6 Å². The maximum atomic E-state index is 13.2. The van der Waals surface area contributed by atoms with Gasteiger partial charge in [-0.25, -0.2) is 26.2 Å². The Morgan fingerprint density at radius 3 is 2.07 bits per heavy atom. The average Bonchev–Trinajstić information content (AvgIpc) is 3.01. The van der Waals surface area contributed by atoms with Crippen molar-refractivity contribution in [2.45, 2.75) is 33.8 Å². The van der Waals surface area contributed by atoms with Crippen LogP contribution in [0.2, 0.25) is 0 Å². The van der Waals surface area contributed by atoms with E-state index in [0.717, 1.165) is 30.5 Å². The van der Waals surface area contributed by atoms with Gasteiger partial charge in [0.25, 0.3) is 11.8 Å². The molecule has 14 heteroatoms. The molecule has 11 nitrogen and oxygen atoms in total. The van der Waals surface area contributed by atoms with Crippen LogP contribution in [0.5, 0.6) is 5.75 Å². The molecule has 5 rings (SSSR count). The molecule has 44 heavy (non-hydrogen) atoms. The fourth-order valence-corrected chi connectivity index (χ4v) is 6.32. The van der Waals surface area contributed by atoms with Gasteiger partial charge in [-0.15, -0.1) is 0 Å². The molecule has 2 amide bonds. The summed E-state index contributed by atoms with van der Waals surface area (Å²) in [6, 6.07) is 16.1. The first-order valence-corrected chi connectivity index (χ1v) is 16.8. The molecular formula is C30H27FN4O7S2. The highest BCUT2D eigenvalue weighted by Gasteiger charge is 2.25. The molecular weight excluding hydrogens is 611 g/mol. The van der Waals surface area contributed by atoms with E-state index in [0.29, 0.717) is 37.2 Å². The largest absolute Gasteiger partial charge is 0.490 e. The van der Waals surface area contributed by atoms with Crippen molar-refractivity contribution in [2.24, 2.45) is 0 Å². The molecule has 1 fully saturated rings. The number of pyridine rings is 2. The van der Waals surface area contributed by atoms with E-state index in [4.69, 9.17) is 4.74 Å². The minimum Gasteiger partial charge on any atom is -0.490 e. The average molecular weight is 639 g/mol. The zero-order valence-corrected chi connectivity index (χ0v) is 25.0. The molecule has 0 atom stereocenters. The van der Waals surface area contributed by atoms with Gasteiger partial charge in [0.2, 0.25) is 9.84 Å². The van der Waals surface area contributed by atoms with Crippen molar-refractivity contribution in [3.63, 3.8) is 0 Å². The second-order valence-electron chi connectivity index (χ2n) is 10.1. The summed E-state index contributed by atoms with van der Waals surface area (Å²) in [4.78, 5) is 35.5. The van der Waals surface area contributed by atoms with Gasteiger partial charge >= 0.3 is 0 Å². The maximum Gasteiger partial charge on any atom is 0.274 e. The third kappa shape index (κ3) is 7.09. The van der Waals surface area contributed by atoms with Crippen LogP contribution in [0.15, 0.2) is 100 Å². The highest BCUT2D eigenvalue weighted by atomic mass is 32.2. The van der Waals surface area contributed by atoms with E-state index in [1.807, 2.05) is 0 Å². The molecule has 0 unspecified atom stereocenters. The molecule has 0 saturated carbocycles. The van der Waals surface area contributed by atoms with Gasteiger partial charge in [0.1, 0.15) is 23.4 Å². The molecule has 3 heterocycles. The number of piperidine rings is 1. The monoisotopic (exact) mass is 638 g/mol. The van der Waals surface area contributed by atoms with E-state index in [1.54, 1.807) is 17.0 Å². The summed E-state index contributed by atoms with van der Waals surface area (Å²) in [5.74, 6) is -0.822. The predicted molar refractivity (Wildman–Crippen MR) is 157 cm³/mol. The Kier molecular flexibility index (Phi) is 8.74. The van der Waals surface area contributed by atoms with Gasteiger partial charge in [-0.05, 0) is 72.8 Å². The first-order valence-electron chi connectivity index (χ1n) is 13.4. The van der Waals surface area contributed by atoms with Crippen molar-refractivity contribution in [3.05, 3.63) is 102 Å². The summed E-state index contributed by atoms with van der Waals surface area (Å²) in [7, 11) is -7.25. The van der Waals surface area contributed by atoms with Crippen molar-refractivity contribution in [2.75, 3.05) is 24.7 Å². The number of hydrogen-bond acceptors (Lipinski definition) is 9. The topological polar surface area (TPSA) is 153 Å². The number of sulfone groups is 2.